The minimum absolute atomic E-state index is 0.271. The molecule has 1 rings (SSSR count). The van der Waals surface area contributed by atoms with Crippen LogP contribution in [0, 0.1) is 0 Å². The molecule has 0 aliphatic carbocycles. The molecule has 0 radical (unpaired) electrons. The van der Waals surface area contributed by atoms with Crippen molar-refractivity contribution < 1.29 is 8.42 Å². The van der Waals surface area contributed by atoms with Gasteiger partial charge in [0.05, 0.1) is 10.5 Å². The van der Waals surface area contributed by atoms with E-state index in [1.54, 1.807) is 20.8 Å². The van der Waals surface area contributed by atoms with Gasteiger partial charge in [-0.05, 0) is 47.2 Å². The number of sulfone groups is 1. The number of hydrogen-bond donors (Lipinski definition) is 1. The van der Waals surface area contributed by atoms with E-state index in [1.165, 1.54) is 6.42 Å². The van der Waals surface area contributed by atoms with Crippen LogP contribution in [-0.4, -0.2) is 56.5 Å². The minimum atomic E-state index is -2.98. The predicted octanol–water partition coefficient (Wildman–Crippen LogP) is 0.884. The zero-order valence-electron chi connectivity index (χ0n) is 11.5. The van der Waals surface area contributed by atoms with Gasteiger partial charge in [-0.15, -0.1) is 0 Å². The van der Waals surface area contributed by atoms with Crippen LogP contribution in [0.1, 0.15) is 33.6 Å². The maximum absolute atomic E-state index is 12.0. The lowest BCUT2D eigenvalue weighted by Crippen LogP contribution is -2.46. The topological polar surface area (TPSA) is 49.4 Å². The molecular formula is C12H26N2O2S. The third-order valence-corrected chi connectivity index (χ3v) is 6.11. The van der Waals surface area contributed by atoms with Gasteiger partial charge < -0.3 is 10.2 Å². The SMILES string of the molecule is CNC1CCCN(CCS(=O)(=O)C(C)(C)C)C1. The largest absolute Gasteiger partial charge is 0.316 e. The molecule has 0 saturated carbocycles. The van der Waals surface area contributed by atoms with E-state index in [2.05, 4.69) is 10.2 Å². The van der Waals surface area contributed by atoms with Crippen LogP contribution in [0.3, 0.4) is 0 Å². The van der Waals surface area contributed by atoms with E-state index in [1.807, 2.05) is 7.05 Å². The fourth-order valence-electron chi connectivity index (χ4n) is 2.05. The van der Waals surface area contributed by atoms with Gasteiger partial charge in [0.25, 0.3) is 0 Å². The fraction of sp³-hybridized carbons (Fsp3) is 1.00. The van der Waals surface area contributed by atoms with Gasteiger partial charge in [0.1, 0.15) is 0 Å². The molecule has 1 fully saturated rings. The first-order valence-electron chi connectivity index (χ1n) is 6.38. The zero-order chi connectivity index (χ0) is 13.1. The Balaban J connectivity index is 2.46. The van der Waals surface area contributed by atoms with Crippen LogP contribution in [-0.2, 0) is 9.84 Å². The Morgan fingerprint density at radius 3 is 2.53 bits per heavy atom. The first-order chi connectivity index (χ1) is 7.76. The van der Waals surface area contributed by atoms with Crippen molar-refractivity contribution in [3.8, 4) is 0 Å². The van der Waals surface area contributed by atoms with E-state index >= 15 is 0 Å². The molecule has 4 nitrogen and oxygen atoms in total. The monoisotopic (exact) mass is 262 g/mol. The highest BCUT2D eigenvalue weighted by atomic mass is 32.2. The summed E-state index contributed by atoms with van der Waals surface area (Å²) in [5.74, 6) is 0.271. The van der Waals surface area contributed by atoms with E-state index in [-0.39, 0.29) is 5.75 Å². The third-order valence-electron chi connectivity index (χ3n) is 3.52. The molecule has 17 heavy (non-hydrogen) atoms. The molecule has 0 aromatic carbocycles. The van der Waals surface area contributed by atoms with Gasteiger partial charge in [-0.2, -0.15) is 0 Å². The van der Waals surface area contributed by atoms with Crippen LogP contribution in [0.2, 0.25) is 0 Å². The van der Waals surface area contributed by atoms with Crippen LogP contribution in [0.5, 0.6) is 0 Å². The van der Waals surface area contributed by atoms with Gasteiger partial charge in [0.2, 0.25) is 0 Å². The molecule has 0 aromatic heterocycles. The van der Waals surface area contributed by atoms with Crippen LogP contribution in [0.15, 0.2) is 0 Å². The lowest BCUT2D eigenvalue weighted by atomic mass is 10.1. The fourth-order valence-corrected chi connectivity index (χ4v) is 3.16. The quantitative estimate of drug-likeness (QED) is 0.817. The molecule has 0 spiro atoms. The predicted molar refractivity (Wildman–Crippen MR) is 72.1 cm³/mol. The molecule has 0 aromatic rings. The van der Waals surface area contributed by atoms with Crippen LogP contribution in [0.4, 0.5) is 0 Å². The Bertz CT molecular complexity index is 333. The summed E-state index contributed by atoms with van der Waals surface area (Å²) in [7, 11) is -1.01. The average molecular weight is 262 g/mol. The number of nitrogens with one attached hydrogen (secondary N) is 1. The molecule has 0 amide bonds. The Hall–Kier alpha value is -0.130. The van der Waals surface area contributed by atoms with Gasteiger partial charge in [-0.1, -0.05) is 0 Å². The second-order valence-electron chi connectivity index (χ2n) is 5.86. The van der Waals surface area contributed by atoms with Gasteiger partial charge in [-0.3, -0.25) is 0 Å². The molecule has 1 atom stereocenters. The first-order valence-corrected chi connectivity index (χ1v) is 8.03. The molecule has 1 N–H and O–H groups in total. The summed E-state index contributed by atoms with van der Waals surface area (Å²) in [6, 6.07) is 0.515. The van der Waals surface area contributed by atoms with Crippen molar-refractivity contribution >= 4 is 9.84 Å². The lowest BCUT2D eigenvalue weighted by Gasteiger charge is -2.33. The van der Waals surface area contributed by atoms with Crippen molar-refractivity contribution in [3.63, 3.8) is 0 Å². The van der Waals surface area contributed by atoms with Crippen molar-refractivity contribution in [1.29, 1.82) is 0 Å². The van der Waals surface area contributed by atoms with Gasteiger partial charge >= 0.3 is 0 Å². The number of hydrogen-bond acceptors (Lipinski definition) is 4. The Labute approximate surface area is 106 Å². The van der Waals surface area contributed by atoms with Crippen LogP contribution >= 0.6 is 0 Å². The lowest BCUT2D eigenvalue weighted by molar-refractivity contribution is 0.205. The Kier molecular flexibility index (Phi) is 4.98. The summed E-state index contributed by atoms with van der Waals surface area (Å²) in [5.41, 5.74) is 0. The highest BCUT2D eigenvalue weighted by molar-refractivity contribution is 7.92. The third kappa shape index (κ3) is 4.23. The summed E-state index contributed by atoms with van der Waals surface area (Å²) in [6.07, 6.45) is 2.35. The van der Waals surface area contributed by atoms with Crippen LogP contribution in [0.25, 0.3) is 0 Å². The zero-order valence-corrected chi connectivity index (χ0v) is 12.3. The van der Waals surface area contributed by atoms with E-state index in [9.17, 15) is 8.42 Å². The number of rotatable bonds is 4. The smallest absolute Gasteiger partial charge is 0.156 e. The number of likely N-dealkylation sites (tertiary alicyclic amines) is 1. The Morgan fingerprint density at radius 2 is 2.00 bits per heavy atom. The number of piperidine rings is 1. The van der Waals surface area contributed by atoms with Crippen molar-refractivity contribution in [2.75, 3.05) is 32.4 Å². The second-order valence-corrected chi connectivity index (χ2v) is 8.72. The average Bonchev–Trinajstić information content (AvgIpc) is 2.25. The summed E-state index contributed by atoms with van der Waals surface area (Å²) < 4.78 is 23.4. The molecule has 0 bridgehead atoms. The van der Waals surface area contributed by atoms with E-state index in [0.29, 0.717) is 12.6 Å². The summed E-state index contributed by atoms with van der Waals surface area (Å²) >= 11 is 0. The van der Waals surface area contributed by atoms with Gasteiger partial charge in [0, 0.05) is 19.1 Å². The highest BCUT2D eigenvalue weighted by Crippen LogP contribution is 2.17. The molecule has 1 aliphatic rings. The number of likely N-dealkylation sites (N-methyl/N-ethyl adjacent to an activating group) is 1. The molecular weight excluding hydrogens is 236 g/mol. The maximum atomic E-state index is 12.0. The van der Waals surface area contributed by atoms with Crippen molar-refractivity contribution in [2.24, 2.45) is 0 Å². The van der Waals surface area contributed by atoms with E-state index in [4.69, 9.17) is 0 Å². The molecule has 1 saturated heterocycles. The first kappa shape index (κ1) is 14.9. The standard InChI is InChI=1S/C12H26N2O2S/c1-12(2,3)17(15,16)9-8-14-7-5-6-11(10-14)13-4/h11,13H,5-10H2,1-4H3. The second kappa shape index (κ2) is 5.67. The van der Waals surface area contributed by atoms with Crippen molar-refractivity contribution in [1.82, 2.24) is 10.2 Å². The minimum Gasteiger partial charge on any atom is -0.316 e. The van der Waals surface area contributed by atoms with Gasteiger partial charge in [0.15, 0.2) is 9.84 Å². The van der Waals surface area contributed by atoms with Gasteiger partial charge in [-0.25, -0.2) is 8.42 Å². The summed E-state index contributed by atoms with van der Waals surface area (Å²) in [5, 5.41) is 3.27. The normalized spacial score (nSPS) is 23.9. The molecule has 1 aliphatic heterocycles. The van der Waals surface area contributed by atoms with E-state index < -0.39 is 14.6 Å². The molecule has 5 heteroatoms. The van der Waals surface area contributed by atoms with Crippen LogP contribution < -0.4 is 5.32 Å². The summed E-state index contributed by atoms with van der Waals surface area (Å²) in [4.78, 5) is 2.26. The van der Waals surface area contributed by atoms with Crippen molar-refractivity contribution in [2.45, 2.75) is 44.4 Å². The Morgan fingerprint density at radius 1 is 1.35 bits per heavy atom. The maximum Gasteiger partial charge on any atom is 0.156 e. The number of nitrogens with zero attached hydrogens (tertiary/aromatic N) is 1. The molecule has 102 valence electrons. The highest BCUT2D eigenvalue weighted by Gasteiger charge is 2.29. The molecule has 1 unspecified atom stereocenters. The van der Waals surface area contributed by atoms with Crippen molar-refractivity contribution in [3.05, 3.63) is 0 Å². The molecule has 1 heterocycles. The van der Waals surface area contributed by atoms with E-state index in [0.717, 1.165) is 19.5 Å². The summed E-state index contributed by atoms with van der Waals surface area (Å²) in [6.45, 7) is 7.98.